The fourth-order valence-electron chi connectivity index (χ4n) is 2.93. The van der Waals surface area contributed by atoms with E-state index in [0.29, 0.717) is 11.3 Å². The number of amides is 2. The number of anilines is 1. The molecule has 0 fully saturated rings. The SMILES string of the molecule is CCc1ccc(NC(=O)Cn2c(-c3ccc(F)cc3)ncc(C(=O)NC)c2=O)cc1. The quantitative estimate of drug-likeness (QED) is 0.656. The molecule has 30 heavy (non-hydrogen) atoms. The lowest BCUT2D eigenvalue weighted by Crippen LogP contribution is -2.35. The van der Waals surface area contributed by atoms with Crippen LogP contribution in [0.5, 0.6) is 0 Å². The number of benzene rings is 2. The van der Waals surface area contributed by atoms with Crippen molar-refractivity contribution in [3.05, 3.63) is 82.0 Å². The van der Waals surface area contributed by atoms with Gasteiger partial charge in [0.1, 0.15) is 23.7 Å². The summed E-state index contributed by atoms with van der Waals surface area (Å²) >= 11 is 0. The van der Waals surface area contributed by atoms with E-state index in [9.17, 15) is 18.8 Å². The maximum atomic E-state index is 13.3. The fraction of sp³-hybridized carbons (Fsp3) is 0.182. The van der Waals surface area contributed by atoms with Gasteiger partial charge in [-0.3, -0.25) is 19.0 Å². The first-order valence-corrected chi connectivity index (χ1v) is 9.39. The van der Waals surface area contributed by atoms with E-state index < -0.39 is 23.2 Å². The molecule has 7 nitrogen and oxygen atoms in total. The van der Waals surface area contributed by atoms with Crippen molar-refractivity contribution in [2.45, 2.75) is 19.9 Å². The molecule has 0 aliphatic carbocycles. The standard InChI is InChI=1S/C22H21FN4O3/c1-3-14-4-10-17(11-5-14)26-19(28)13-27-20(15-6-8-16(23)9-7-15)25-12-18(22(27)30)21(29)24-2/h4-12H,3,13H2,1-2H3,(H,24,29)(H,26,28). The van der Waals surface area contributed by atoms with Crippen molar-refractivity contribution < 1.29 is 14.0 Å². The molecule has 0 radical (unpaired) electrons. The van der Waals surface area contributed by atoms with Crippen LogP contribution in [0.2, 0.25) is 0 Å². The van der Waals surface area contributed by atoms with Crippen LogP contribution in [0.15, 0.2) is 59.5 Å². The fourth-order valence-corrected chi connectivity index (χ4v) is 2.93. The Morgan fingerprint density at radius 3 is 2.33 bits per heavy atom. The van der Waals surface area contributed by atoms with E-state index in [1.54, 1.807) is 12.1 Å². The van der Waals surface area contributed by atoms with E-state index in [1.165, 1.54) is 31.3 Å². The molecule has 0 unspecified atom stereocenters. The summed E-state index contributed by atoms with van der Waals surface area (Å²) in [5, 5.41) is 5.11. The van der Waals surface area contributed by atoms with Crippen LogP contribution in [0, 0.1) is 5.82 Å². The van der Waals surface area contributed by atoms with Gasteiger partial charge in [-0.25, -0.2) is 9.37 Å². The molecule has 1 heterocycles. The van der Waals surface area contributed by atoms with Crippen LogP contribution in [0.1, 0.15) is 22.8 Å². The zero-order valence-corrected chi connectivity index (χ0v) is 16.6. The minimum absolute atomic E-state index is 0.157. The van der Waals surface area contributed by atoms with E-state index >= 15 is 0 Å². The predicted molar refractivity (Wildman–Crippen MR) is 112 cm³/mol. The van der Waals surface area contributed by atoms with Crippen LogP contribution in [-0.4, -0.2) is 28.4 Å². The van der Waals surface area contributed by atoms with Gasteiger partial charge in [0.05, 0.1) is 0 Å². The van der Waals surface area contributed by atoms with Gasteiger partial charge in [-0.05, 0) is 48.4 Å². The van der Waals surface area contributed by atoms with Crippen molar-refractivity contribution in [1.82, 2.24) is 14.9 Å². The Balaban J connectivity index is 1.97. The molecule has 0 atom stereocenters. The van der Waals surface area contributed by atoms with Crippen LogP contribution in [0.4, 0.5) is 10.1 Å². The van der Waals surface area contributed by atoms with E-state index in [2.05, 4.69) is 15.6 Å². The number of nitrogens with one attached hydrogen (secondary N) is 2. The van der Waals surface area contributed by atoms with E-state index in [0.717, 1.165) is 22.7 Å². The molecule has 154 valence electrons. The topological polar surface area (TPSA) is 93.1 Å². The number of aryl methyl sites for hydroxylation is 1. The molecule has 0 aliphatic heterocycles. The van der Waals surface area contributed by atoms with Crippen LogP contribution >= 0.6 is 0 Å². The zero-order chi connectivity index (χ0) is 21.7. The minimum atomic E-state index is -0.667. The Morgan fingerprint density at radius 2 is 1.73 bits per heavy atom. The lowest BCUT2D eigenvalue weighted by Gasteiger charge is -2.14. The molecule has 2 N–H and O–H groups in total. The number of rotatable bonds is 6. The molecule has 0 aliphatic rings. The number of aromatic nitrogens is 2. The molecule has 3 aromatic rings. The summed E-state index contributed by atoms with van der Waals surface area (Å²) in [5.74, 6) is -1.35. The van der Waals surface area contributed by atoms with Crippen molar-refractivity contribution >= 4 is 17.5 Å². The largest absolute Gasteiger partial charge is 0.355 e. The first kappa shape index (κ1) is 20.9. The van der Waals surface area contributed by atoms with Gasteiger partial charge in [-0.15, -0.1) is 0 Å². The van der Waals surface area contributed by atoms with Crippen LogP contribution < -0.4 is 16.2 Å². The first-order chi connectivity index (χ1) is 14.4. The van der Waals surface area contributed by atoms with Gasteiger partial charge in [0.2, 0.25) is 5.91 Å². The second-order valence-electron chi connectivity index (χ2n) is 6.57. The normalized spacial score (nSPS) is 10.5. The molecule has 1 aromatic heterocycles. The Bertz CT molecular complexity index is 1120. The van der Waals surface area contributed by atoms with E-state index in [-0.39, 0.29) is 17.9 Å². The third-order valence-electron chi connectivity index (χ3n) is 4.57. The summed E-state index contributed by atoms with van der Waals surface area (Å²) in [4.78, 5) is 41.7. The predicted octanol–water partition coefficient (Wildman–Crippen LogP) is 2.61. The molecule has 8 heteroatoms. The van der Waals surface area contributed by atoms with Gasteiger partial charge in [0.15, 0.2) is 0 Å². The monoisotopic (exact) mass is 408 g/mol. The lowest BCUT2D eigenvalue weighted by atomic mass is 10.1. The highest BCUT2D eigenvalue weighted by Gasteiger charge is 2.18. The molecule has 0 bridgehead atoms. The Kier molecular flexibility index (Phi) is 6.36. The second-order valence-corrected chi connectivity index (χ2v) is 6.57. The van der Waals surface area contributed by atoms with Crippen molar-refractivity contribution in [1.29, 1.82) is 0 Å². The van der Waals surface area contributed by atoms with Crippen LogP contribution in [0.25, 0.3) is 11.4 Å². The van der Waals surface area contributed by atoms with E-state index in [4.69, 9.17) is 0 Å². The maximum Gasteiger partial charge on any atom is 0.267 e. The molecular weight excluding hydrogens is 387 g/mol. The number of hydrogen-bond acceptors (Lipinski definition) is 4. The van der Waals surface area contributed by atoms with Gasteiger partial charge in [-0.2, -0.15) is 0 Å². The molecule has 2 aromatic carbocycles. The highest BCUT2D eigenvalue weighted by atomic mass is 19.1. The average molecular weight is 408 g/mol. The zero-order valence-electron chi connectivity index (χ0n) is 16.6. The van der Waals surface area contributed by atoms with Crippen molar-refractivity contribution in [3.63, 3.8) is 0 Å². The van der Waals surface area contributed by atoms with Gasteiger partial charge in [0.25, 0.3) is 11.5 Å². The molecule has 0 saturated heterocycles. The average Bonchev–Trinajstić information content (AvgIpc) is 2.76. The number of carbonyl (C=O) groups excluding carboxylic acids is 2. The highest BCUT2D eigenvalue weighted by Crippen LogP contribution is 2.17. The molecule has 2 amide bonds. The Morgan fingerprint density at radius 1 is 1.07 bits per heavy atom. The number of halogens is 1. The third-order valence-corrected chi connectivity index (χ3v) is 4.57. The van der Waals surface area contributed by atoms with Gasteiger partial charge in [0, 0.05) is 24.5 Å². The van der Waals surface area contributed by atoms with Gasteiger partial charge < -0.3 is 10.6 Å². The smallest absolute Gasteiger partial charge is 0.267 e. The number of carbonyl (C=O) groups is 2. The highest BCUT2D eigenvalue weighted by molar-refractivity contribution is 5.94. The summed E-state index contributed by atoms with van der Waals surface area (Å²) in [7, 11) is 1.40. The third kappa shape index (κ3) is 4.60. The van der Waals surface area contributed by atoms with Crippen LogP contribution in [-0.2, 0) is 17.8 Å². The summed E-state index contributed by atoms with van der Waals surface area (Å²) in [5.41, 5.74) is 1.30. The first-order valence-electron chi connectivity index (χ1n) is 9.39. The van der Waals surface area contributed by atoms with Gasteiger partial charge in [-0.1, -0.05) is 19.1 Å². The summed E-state index contributed by atoms with van der Waals surface area (Å²) < 4.78 is 14.4. The number of nitrogens with zero attached hydrogens (tertiary/aromatic N) is 2. The van der Waals surface area contributed by atoms with Crippen molar-refractivity contribution in [3.8, 4) is 11.4 Å². The molecule has 0 saturated carbocycles. The maximum absolute atomic E-state index is 13.3. The van der Waals surface area contributed by atoms with E-state index in [1.807, 2.05) is 19.1 Å². The number of hydrogen-bond donors (Lipinski definition) is 2. The van der Waals surface area contributed by atoms with Crippen LogP contribution in [0.3, 0.4) is 0 Å². The molecular formula is C22H21FN4O3. The summed E-state index contributed by atoms with van der Waals surface area (Å²) in [6.07, 6.45) is 2.03. The van der Waals surface area contributed by atoms with Crippen molar-refractivity contribution in [2.24, 2.45) is 0 Å². The second kappa shape index (κ2) is 9.13. The summed E-state index contributed by atoms with van der Waals surface area (Å²) in [6, 6.07) is 12.7. The Labute approximate surface area is 172 Å². The molecule has 3 rings (SSSR count). The lowest BCUT2D eigenvalue weighted by molar-refractivity contribution is -0.116. The van der Waals surface area contributed by atoms with Gasteiger partial charge >= 0.3 is 0 Å². The minimum Gasteiger partial charge on any atom is -0.355 e. The molecule has 0 spiro atoms. The van der Waals surface area contributed by atoms with Crippen molar-refractivity contribution in [2.75, 3.05) is 12.4 Å². The summed E-state index contributed by atoms with van der Waals surface area (Å²) in [6.45, 7) is 1.67. The Hall–Kier alpha value is -3.81.